The van der Waals surface area contributed by atoms with Gasteiger partial charge in [0.25, 0.3) is 0 Å². The number of morpholine rings is 4. The zero-order valence-electron chi connectivity index (χ0n) is 44.5. The second kappa shape index (κ2) is 32.6. The summed E-state index contributed by atoms with van der Waals surface area (Å²) in [5, 5.41) is 0. The van der Waals surface area contributed by atoms with Crippen molar-refractivity contribution in [2.24, 2.45) is 11.8 Å². The molecule has 0 amide bonds. The zero-order valence-corrected chi connectivity index (χ0v) is 44.5. The van der Waals surface area contributed by atoms with Gasteiger partial charge in [-0.25, -0.2) is 0 Å². The maximum absolute atomic E-state index is 5.49. The zero-order chi connectivity index (χ0) is 47.2. The number of hydrogen-bond donors (Lipinski definition) is 0. The molecule has 2 aliphatic carbocycles. The molecule has 2 aromatic rings. The average molecular weight is 941 g/mol. The topological polar surface area (TPSA) is 49.9 Å². The SMILES string of the molecule is CCC(C)CC(CC=C1C=CC(CN2CCOCC2)=C[CH-]1)c1ccc(CN2CCOCC2)cc1.CCC(C)CC(CC=C1C=CC(CN2CCOCC2)=C[CH-]1)c1ccc(CN2CCOCC2)cc1.[Li+].[Li+]. The van der Waals surface area contributed by atoms with Crippen LogP contribution in [0.2, 0.25) is 0 Å². The van der Waals surface area contributed by atoms with Crippen LogP contribution in [0, 0.1) is 24.7 Å². The van der Waals surface area contributed by atoms with Crippen molar-refractivity contribution in [2.45, 2.75) is 91.1 Å². The molecule has 4 unspecified atom stereocenters. The number of ether oxygens (including phenoxy) is 4. The fourth-order valence-electron chi connectivity index (χ4n) is 9.98. The van der Waals surface area contributed by atoms with Crippen molar-refractivity contribution in [3.05, 3.63) is 155 Å². The van der Waals surface area contributed by atoms with Crippen LogP contribution in [0.1, 0.15) is 100 Å². The number of hydrogen-bond acceptors (Lipinski definition) is 8. The fraction of sp³-hybridized carbons (Fsp3) is 0.567. The first-order valence-electron chi connectivity index (χ1n) is 26.6. The van der Waals surface area contributed by atoms with Crippen molar-refractivity contribution in [3.8, 4) is 0 Å². The van der Waals surface area contributed by atoms with Gasteiger partial charge in [-0.15, -0.1) is 60.4 Å². The Kier molecular flexibility index (Phi) is 27.2. The Balaban J connectivity index is 0.000000254. The van der Waals surface area contributed by atoms with E-state index in [0.29, 0.717) is 11.8 Å². The molecule has 8 rings (SSSR count). The number of rotatable bonds is 20. The van der Waals surface area contributed by atoms with Crippen LogP contribution in [0.25, 0.3) is 0 Å². The van der Waals surface area contributed by atoms with E-state index in [9.17, 15) is 0 Å². The number of nitrogens with zero attached hydrogens (tertiary/aromatic N) is 4. The Bertz CT molecular complexity index is 1810. The monoisotopic (exact) mass is 941 g/mol. The fourth-order valence-corrected chi connectivity index (χ4v) is 9.98. The molecule has 0 N–H and O–H groups in total. The van der Waals surface area contributed by atoms with Gasteiger partial charge in [-0.2, -0.15) is 23.3 Å². The van der Waals surface area contributed by atoms with Gasteiger partial charge < -0.3 is 28.7 Å². The Labute approximate surface area is 449 Å². The van der Waals surface area contributed by atoms with Gasteiger partial charge in [-0.05, 0) is 71.9 Å². The van der Waals surface area contributed by atoms with Crippen LogP contribution in [0.5, 0.6) is 0 Å². The van der Waals surface area contributed by atoms with Crippen molar-refractivity contribution in [1.82, 2.24) is 19.6 Å². The summed E-state index contributed by atoms with van der Waals surface area (Å²) >= 11 is 0. The first-order valence-corrected chi connectivity index (χ1v) is 26.6. The Morgan fingerprint density at radius 2 is 0.771 bits per heavy atom. The predicted molar refractivity (Wildman–Crippen MR) is 282 cm³/mol. The molecule has 4 heterocycles. The average Bonchev–Trinajstić information content (AvgIpc) is 3.39. The molecule has 4 atom stereocenters. The van der Waals surface area contributed by atoms with E-state index < -0.39 is 0 Å². The summed E-state index contributed by atoms with van der Waals surface area (Å²) < 4.78 is 21.9. The van der Waals surface area contributed by atoms with E-state index in [1.807, 2.05) is 0 Å². The van der Waals surface area contributed by atoms with Gasteiger partial charge in [-0.3, -0.25) is 9.80 Å². The predicted octanol–water partition coefficient (Wildman–Crippen LogP) is 4.78. The van der Waals surface area contributed by atoms with Gasteiger partial charge in [0.05, 0.1) is 52.9 Å². The van der Waals surface area contributed by atoms with Gasteiger partial charge in [0, 0.05) is 65.4 Å². The first-order chi connectivity index (χ1) is 33.4. The Morgan fingerprint density at radius 3 is 1.06 bits per heavy atom. The summed E-state index contributed by atoms with van der Waals surface area (Å²) in [6.45, 7) is 28.7. The van der Waals surface area contributed by atoms with E-state index in [1.54, 1.807) is 0 Å². The minimum atomic E-state index is 0. The molecule has 70 heavy (non-hydrogen) atoms. The summed E-state index contributed by atoms with van der Waals surface area (Å²) in [6.07, 6.45) is 30.4. The van der Waals surface area contributed by atoms with Crippen LogP contribution in [-0.4, -0.2) is 138 Å². The van der Waals surface area contributed by atoms with E-state index in [0.717, 1.165) is 156 Å². The molecule has 4 saturated heterocycles. The molecular formula is C60H86Li2N4O4. The standard InChI is InChI=1S/2C30H43N2O2.2Li/c2*1-3-25(2)22-30(29-11-9-28(10-12-29)24-32-16-20-34-21-17-32)13-8-26-4-6-27(7-5-26)23-31-14-18-33-19-15-31;;/h2*4-12,25,30H,3,13-24H2,1-2H3;;/q2*-1;2*+1. The molecule has 0 spiro atoms. The molecule has 0 bridgehead atoms. The van der Waals surface area contributed by atoms with Crippen LogP contribution in [0.4, 0.5) is 0 Å². The first kappa shape index (κ1) is 58.4. The number of allylic oxidation sites excluding steroid dienone is 8. The van der Waals surface area contributed by atoms with Crippen LogP contribution < -0.4 is 37.7 Å². The van der Waals surface area contributed by atoms with Gasteiger partial charge in [0.2, 0.25) is 0 Å². The third-order valence-electron chi connectivity index (χ3n) is 14.9. The summed E-state index contributed by atoms with van der Waals surface area (Å²) in [7, 11) is 0. The third-order valence-corrected chi connectivity index (χ3v) is 14.9. The number of benzene rings is 2. The quantitative estimate of drug-likeness (QED) is 0.139. The smallest absolute Gasteiger partial charge is 0.379 e. The Hall–Kier alpha value is -2.51. The summed E-state index contributed by atoms with van der Waals surface area (Å²) in [4.78, 5) is 9.94. The van der Waals surface area contributed by atoms with Gasteiger partial charge >= 0.3 is 37.7 Å². The normalized spacial score (nSPS) is 22.2. The van der Waals surface area contributed by atoms with E-state index in [1.165, 1.54) is 70.2 Å². The van der Waals surface area contributed by atoms with E-state index >= 15 is 0 Å². The minimum Gasteiger partial charge on any atom is -0.379 e. The third kappa shape index (κ3) is 20.4. The Morgan fingerprint density at radius 1 is 0.457 bits per heavy atom. The van der Waals surface area contributed by atoms with Crippen LogP contribution in [-0.2, 0) is 32.0 Å². The van der Waals surface area contributed by atoms with Crippen LogP contribution >= 0.6 is 0 Å². The molecule has 10 heteroatoms. The van der Waals surface area contributed by atoms with Crippen LogP contribution in [0.3, 0.4) is 0 Å². The van der Waals surface area contributed by atoms with Crippen LogP contribution in [0.15, 0.2) is 119 Å². The molecular weight excluding hydrogens is 855 g/mol. The van der Waals surface area contributed by atoms with E-state index in [-0.39, 0.29) is 37.7 Å². The van der Waals surface area contributed by atoms with Crippen molar-refractivity contribution in [3.63, 3.8) is 0 Å². The molecule has 4 aliphatic heterocycles. The molecule has 0 saturated carbocycles. The van der Waals surface area contributed by atoms with Crippen molar-refractivity contribution >= 4 is 0 Å². The maximum Gasteiger partial charge on any atom is 1.00 e. The summed E-state index contributed by atoms with van der Waals surface area (Å²) in [6, 6.07) is 18.9. The maximum atomic E-state index is 5.49. The second-order valence-corrected chi connectivity index (χ2v) is 20.3. The van der Waals surface area contributed by atoms with E-state index in [2.05, 4.69) is 157 Å². The summed E-state index contributed by atoms with van der Waals surface area (Å²) in [5.74, 6) is 2.62. The second-order valence-electron chi connectivity index (χ2n) is 20.3. The molecule has 8 nitrogen and oxygen atoms in total. The molecule has 4 fully saturated rings. The van der Waals surface area contributed by atoms with Gasteiger partial charge in [0.15, 0.2) is 0 Å². The van der Waals surface area contributed by atoms with E-state index in [4.69, 9.17) is 18.9 Å². The largest absolute Gasteiger partial charge is 1.00 e. The minimum absolute atomic E-state index is 0. The molecule has 372 valence electrons. The van der Waals surface area contributed by atoms with Gasteiger partial charge in [0.1, 0.15) is 0 Å². The van der Waals surface area contributed by atoms with Crippen molar-refractivity contribution < 1.29 is 56.7 Å². The summed E-state index contributed by atoms with van der Waals surface area (Å²) in [5.41, 5.74) is 11.2. The van der Waals surface area contributed by atoms with Crippen molar-refractivity contribution in [1.29, 1.82) is 0 Å². The molecule has 0 radical (unpaired) electrons. The van der Waals surface area contributed by atoms with Crippen molar-refractivity contribution in [2.75, 3.05) is 118 Å². The van der Waals surface area contributed by atoms with Gasteiger partial charge in [-0.1, -0.05) is 102 Å². The molecule has 2 aromatic carbocycles. The molecule has 6 aliphatic rings. The molecule has 0 aromatic heterocycles.